The lowest BCUT2D eigenvalue weighted by molar-refractivity contribution is -0.137. The van der Waals surface area contributed by atoms with Crippen LogP contribution in [0, 0.1) is 6.92 Å². The van der Waals surface area contributed by atoms with Crippen molar-refractivity contribution in [3.63, 3.8) is 0 Å². The molecule has 1 aliphatic carbocycles. The quantitative estimate of drug-likeness (QED) is 0.399. The topological polar surface area (TPSA) is 60.0 Å². The van der Waals surface area contributed by atoms with Crippen LogP contribution >= 0.6 is 0 Å². The largest absolute Gasteiger partial charge is 0.493 e. The molecular formula is C24H24F5N3O2. The summed E-state index contributed by atoms with van der Waals surface area (Å²) in [5.74, 6) is -1.65. The van der Waals surface area contributed by atoms with Gasteiger partial charge in [-0.25, -0.2) is 13.8 Å². The van der Waals surface area contributed by atoms with Crippen molar-refractivity contribution in [2.45, 2.75) is 57.2 Å². The van der Waals surface area contributed by atoms with Crippen molar-refractivity contribution in [3.05, 3.63) is 59.3 Å². The maximum Gasteiger partial charge on any atom is 0.417 e. The number of ether oxygens (including phenoxy) is 2. The van der Waals surface area contributed by atoms with Crippen LogP contribution in [0.25, 0.3) is 11.3 Å². The number of hydrogen-bond acceptors (Lipinski definition) is 4. The summed E-state index contributed by atoms with van der Waals surface area (Å²) in [6.45, 7) is 1.76. The standard InChI is InChI=1S/C24H24F5N3O2/c1-14-21(32-22(31-14)16-4-3-9-23(25,26)11-16)15-5-8-19(20(10-15)33-2)34-13-18-7-6-17(12-30-18)24(27,28)29/h5-8,10,12,16H,3-4,9,11,13H2,1-2H3,(H,31,32). The van der Waals surface area contributed by atoms with Crippen LogP contribution in [0.15, 0.2) is 36.5 Å². The molecule has 0 radical (unpaired) electrons. The number of H-pyrrole nitrogens is 1. The minimum Gasteiger partial charge on any atom is -0.493 e. The van der Waals surface area contributed by atoms with Gasteiger partial charge in [0.2, 0.25) is 5.92 Å². The highest BCUT2D eigenvalue weighted by Crippen LogP contribution is 2.42. The van der Waals surface area contributed by atoms with Crippen LogP contribution in [-0.4, -0.2) is 28.0 Å². The lowest BCUT2D eigenvalue weighted by atomic mass is 9.86. The Hall–Kier alpha value is -3.17. The fraction of sp³-hybridized carbons (Fsp3) is 0.417. The van der Waals surface area contributed by atoms with E-state index in [0.717, 1.165) is 17.8 Å². The number of rotatable bonds is 6. The molecule has 2 heterocycles. The van der Waals surface area contributed by atoms with Gasteiger partial charge in [-0.1, -0.05) is 0 Å². The monoisotopic (exact) mass is 481 g/mol. The van der Waals surface area contributed by atoms with Gasteiger partial charge in [-0.05, 0) is 50.1 Å². The zero-order chi connectivity index (χ0) is 24.5. The minimum absolute atomic E-state index is 0.0447. The van der Waals surface area contributed by atoms with Gasteiger partial charge in [0.1, 0.15) is 12.4 Å². The van der Waals surface area contributed by atoms with E-state index in [1.54, 1.807) is 18.2 Å². The fourth-order valence-electron chi connectivity index (χ4n) is 4.13. The van der Waals surface area contributed by atoms with Crippen LogP contribution in [0.2, 0.25) is 0 Å². The molecular weight excluding hydrogens is 457 g/mol. The molecule has 1 atom stereocenters. The average molecular weight is 481 g/mol. The molecule has 1 aliphatic rings. The van der Waals surface area contributed by atoms with E-state index in [2.05, 4.69) is 15.0 Å². The number of benzene rings is 1. The molecule has 3 aromatic rings. The molecule has 0 bridgehead atoms. The van der Waals surface area contributed by atoms with Gasteiger partial charge < -0.3 is 14.5 Å². The maximum atomic E-state index is 13.9. The van der Waals surface area contributed by atoms with Crippen molar-refractivity contribution in [2.24, 2.45) is 0 Å². The molecule has 10 heteroatoms. The van der Waals surface area contributed by atoms with Crippen LogP contribution in [-0.2, 0) is 12.8 Å². The molecule has 5 nitrogen and oxygen atoms in total. The van der Waals surface area contributed by atoms with Gasteiger partial charge >= 0.3 is 6.18 Å². The van der Waals surface area contributed by atoms with E-state index in [1.807, 2.05) is 6.92 Å². The third-order valence-electron chi connectivity index (χ3n) is 5.91. The number of aromatic nitrogens is 3. The fourth-order valence-corrected chi connectivity index (χ4v) is 4.13. The summed E-state index contributed by atoms with van der Waals surface area (Å²) in [4.78, 5) is 11.5. The van der Waals surface area contributed by atoms with E-state index >= 15 is 0 Å². The summed E-state index contributed by atoms with van der Waals surface area (Å²) in [6, 6.07) is 7.39. The normalized spacial score (nSPS) is 18.0. The lowest BCUT2D eigenvalue weighted by Crippen LogP contribution is -2.25. The number of hydrogen-bond donors (Lipinski definition) is 1. The summed E-state index contributed by atoms with van der Waals surface area (Å²) in [7, 11) is 1.47. The highest BCUT2D eigenvalue weighted by atomic mass is 19.4. The van der Waals surface area contributed by atoms with Crippen molar-refractivity contribution in [1.82, 2.24) is 15.0 Å². The van der Waals surface area contributed by atoms with Gasteiger partial charge in [-0.3, -0.25) is 4.98 Å². The highest BCUT2D eigenvalue weighted by molar-refractivity contribution is 5.66. The maximum absolute atomic E-state index is 13.9. The molecule has 1 N–H and O–H groups in total. The second kappa shape index (κ2) is 9.23. The zero-order valence-corrected chi connectivity index (χ0v) is 18.7. The molecule has 1 aromatic carbocycles. The van der Waals surface area contributed by atoms with Gasteiger partial charge in [-0.15, -0.1) is 0 Å². The summed E-state index contributed by atoms with van der Waals surface area (Å²) >= 11 is 0. The Balaban J connectivity index is 1.50. The number of aromatic amines is 1. The zero-order valence-electron chi connectivity index (χ0n) is 18.7. The number of aryl methyl sites for hydroxylation is 1. The number of pyridine rings is 1. The molecule has 4 rings (SSSR count). The molecule has 0 spiro atoms. The Morgan fingerprint density at radius 2 is 1.94 bits per heavy atom. The van der Waals surface area contributed by atoms with Crippen molar-refractivity contribution in [1.29, 1.82) is 0 Å². The third kappa shape index (κ3) is 5.31. The van der Waals surface area contributed by atoms with Gasteiger partial charge in [0.05, 0.1) is 29.8 Å². The van der Waals surface area contributed by atoms with Gasteiger partial charge in [0.15, 0.2) is 11.5 Å². The number of methoxy groups -OCH3 is 1. The van der Waals surface area contributed by atoms with E-state index in [4.69, 9.17) is 9.47 Å². The number of nitrogens with one attached hydrogen (secondary N) is 1. The van der Waals surface area contributed by atoms with Gasteiger partial charge in [0.25, 0.3) is 0 Å². The first kappa shape index (κ1) is 24.0. The molecule has 0 aliphatic heterocycles. The molecule has 1 saturated carbocycles. The molecule has 182 valence electrons. The van der Waals surface area contributed by atoms with Crippen molar-refractivity contribution in [3.8, 4) is 22.8 Å². The minimum atomic E-state index is -4.45. The van der Waals surface area contributed by atoms with E-state index in [0.29, 0.717) is 47.2 Å². The Bertz CT molecular complexity index is 1140. The average Bonchev–Trinajstić information content (AvgIpc) is 3.18. The smallest absolute Gasteiger partial charge is 0.417 e. The van der Waals surface area contributed by atoms with E-state index < -0.39 is 17.7 Å². The van der Waals surface area contributed by atoms with E-state index in [9.17, 15) is 22.0 Å². The van der Waals surface area contributed by atoms with Gasteiger partial charge in [-0.2, -0.15) is 13.2 Å². The first-order valence-electron chi connectivity index (χ1n) is 10.8. The molecule has 0 amide bonds. The summed E-state index contributed by atoms with van der Waals surface area (Å²) in [5, 5.41) is 0. The number of nitrogens with zero attached hydrogens (tertiary/aromatic N) is 2. The van der Waals surface area contributed by atoms with Crippen LogP contribution in [0.4, 0.5) is 22.0 Å². The number of halogens is 5. The first-order chi connectivity index (χ1) is 16.1. The van der Waals surface area contributed by atoms with E-state index in [-0.39, 0.29) is 25.4 Å². The first-order valence-corrected chi connectivity index (χ1v) is 10.8. The molecule has 1 unspecified atom stereocenters. The van der Waals surface area contributed by atoms with Crippen LogP contribution in [0.3, 0.4) is 0 Å². The van der Waals surface area contributed by atoms with E-state index in [1.165, 1.54) is 13.2 Å². The Morgan fingerprint density at radius 1 is 1.15 bits per heavy atom. The van der Waals surface area contributed by atoms with Crippen molar-refractivity contribution < 1.29 is 31.4 Å². The molecule has 1 fully saturated rings. The predicted molar refractivity (Wildman–Crippen MR) is 115 cm³/mol. The Kier molecular flexibility index (Phi) is 6.51. The summed E-state index contributed by atoms with van der Waals surface area (Å²) in [5.41, 5.74) is 1.64. The third-order valence-corrected chi connectivity index (χ3v) is 5.91. The molecule has 34 heavy (non-hydrogen) atoms. The lowest BCUT2D eigenvalue weighted by Gasteiger charge is -2.27. The summed E-state index contributed by atoms with van der Waals surface area (Å²) in [6.07, 6.45) is -2.87. The van der Waals surface area contributed by atoms with Crippen molar-refractivity contribution in [2.75, 3.05) is 7.11 Å². The Labute approximate surface area is 193 Å². The molecule has 2 aromatic heterocycles. The number of alkyl halides is 5. The van der Waals surface area contributed by atoms with Gasteiger partial charge in [0, 0.05) is 30.5 Å². The second-order valence-corrected chi connectivity index (χ2v) is 8.42. The van der Waals surface area contributed by atoms with Crippen LogP contribution in [0.5, 0.6) is 11.5 Å². The molecule has 0 saturated heterocycles. The summed E-state index contributed by atoms with van der Waals surface area (Å²) < 4.78 is 76.9. The van der Waals surface area contributed by atoms with Crippen LogP contribution < -0.4 is 9.47 Å². The van der Waals surface area contributed by atoms with Crippen LogP contribution in [0.1, 0.15) is 54.4 Å². The second-order valence-electron chi connectivity index (χ2n) is 8.42. The highest BCUT2D eigenvalue weighted by Gasteiger charge is 2.38. The Morgan fingerprint density at radius 3 is 2.59 bits per heavy atom. The predicted octanol–water partition coefficient (Wildman–Crippen LogP) is 6.68. The SMILES string of the molecule is COc1cc(-c2[nH]c(C3CCCC(F)(F)C3)nc2C)ccc1OCc1ccc(C(F)(F)F)cn1. The number of imidazole rings is 1. The van der Waals surface area contributed by atoms with Crippen molar-refractivity contribution >= 4 is 0 Å².